The van der Waals surface area contributed by atoms with Crippen molar-refractivity contribution >= 4 is 32.6 Å². The molecule has 0 bridgehead atoms. The second-order valence-corrected chi connectivity index (χ2v) is 11.9. The Morgan fingerprint density at radius 1 is 0.825 bits per heavy atom. The maximum atomic E-state index is 13.9. The van der Waals surface area contributed by atoms with Gasteiger partial charge in [0, 0.05) is 26.6 Å². The number of likely N-dealkylation sites (N-methyl/N-ethyl adjacent to an activating group) is 2. The Hall–Kier alpha value is -4.01. The van der Waals surface area contributed by atoms with Gasteiger partial charge in [0.2, 0.25) is 21.8 Å². The van der Waals surface area contributed by atoms with E-state index in [2.05, 4.69) is 5.32 Å². The molecule has 0 radical (unpaired) electrons. The quantitative estimate of drug-likeness (QED) is 0.293. The van der Waals surface area contributed by atoms with Gasteiger partial charge in [0.05, 0.1) is 11.4 Å². The molecule has 0 spiro atoms. The van der Waals surface area contributed by atoms with Crippen molar-refractivity contribution in [3.05, 3.63) is 114 Å². The topological polar surface area (TPSA) is 86.8 Å². The first kappa shape index (κ1) is 29.0. The van der Waals surface area contributed by atoms with Crippen LogP contribution in [-0.4, -0.2) is 55.6 Å². The van der Waals surface area contributed by atoms with E-state index < -0.39 is 28.5 Å². The number of amides is 2. The molecule has 4 rings (SSSR count). The second-order valence-electron chi connectivity index (χ2n) is 9.88. The molecule has 0 unspecified atom stereocenters. The molecule has 0 aliphatic carbocycles. The molecule has 0 aromatic heterocycles. The van der Waals surface area contributed by atoms with Crippen LogP contribution in [0.1, 0.15) is 23.6 Å². The number of carbonyl (C=O) groups excluding carboxylic acids is 2. The predicted molar refractivity (Wildman–Crippen MR) is 158 cm³/mol. The fourth-order valence-electron chi connectivity index (χ4n) is 4.61. The van der Waals surface area contributed by atoms with Crippen LogP contribution in [0.15, 0.2) is 102 Å². The minimum absolute atomic E-state index is 0.108. The van der Waals surface area contributed by atoms with Gasteiger partial charge >= 0.3 is 0 Å². The number of fused-ring (bicyclic) bond motifs is 1. The normalized spacial score (nSPS) is 12.3. The highest BCUT2D eigenvalue weighted by Crippen LogP contribution is 2.22. The summed E-state index contributed by atoms with van der Waals surface area (Å²) in [7, 11) is -2.57. The van der Waals surface area contributed by atoms with Crippen molar-refractivity contribution < 1.29 is 18.0 Å². The van der Waals surface area contributed by atoms with Crippen molar-refractivity contribution in [3.63, 3.8) is 0 Å². The molecule has 0 saturated carbocycles. The van der Waals surface area contributed by atoms with Crippen molar-refractivity contribution in [1.82, 2.24) is 14.5 Å². The van der Waals surface area contributed by atoms with Gasteiger partial charge < -0.3 is 10.2 Å². The van der Waals surface area contributed by atoms with Crippen molar-refractivity contribution in [2.24, 2.45) is 0 Å². The fourth-order valence-corrected chi connectivity index (χ4v) is 5.77. The Morgan fingerprint density at radius 3 is 2.15 bits per heavy atom. The lowest BCUT2D eigenvalue weighted by molar-refractivity contribution is -0.141. The van der Waals surface area contributed by atoms with E-state index in [1.54, 1.807) is 18.2 Å². The summed E-state index contributed by atoms with van der Waals surface area (Å²) in [5, 5.41) is 4.58. The van der Waals surface area contributed by atoms with Crippen molar-refractivity contribution in [2.75, 3.05) is 20.1 Å². The van der Waals surface area contributed by atoms with Crippen LogP contribution < -0.4 is 5.32 Å². The molecule has 0 saturated heterocycles. The number of sulfonamides is 1. The monoisotopic (exact) mass is 557 g/mol. The molecule has 8 heteroatoms. The van der Waals surface area contributed by atoms with Crippen LogP contribution in [0.5, 0.6) is 0 Å². The average Bonchev–Trinajstić information content (AvgIpc) is 2.96. The number of benzene rings is 4. The van der Waals surface area contributed by atoms with Gasteiger partial charge in [0.25, 0.3) is 0 Å². The molecule has 2 amide bonds. The van der Waals surface area contributed by atoms with Crippen LogP contribution in [0.2, 0.25) is 0 Å². The first-order chi connectivity index (χ1) is 19.2. The molecule has 0 aliphatic rings. The first-order valence-corrected chi connectivity index (χ1v) is 14.7. The van der Waals surface area contributed by atoms with Crippen LogP contribution in [0.25, 0.3) is 10.8 Å². The Morgan fingerprint density at radius 2 is 1.48 bits per heavy atom. The third-order valence-electron chi connectivity index (χ3n) is 6.88. The molecule has 7 nitrogen and oxygen atoms in total. The van der Waals surface area contributed by atoms with E-state index in [0.717, 1.165) is 31.8 Å². The van der Waals surface area contributed by atoms with E-state index in [-0.39, 0.29) is 17.3 Å². The summed E-state index contributed by atoms with van der Waals surface area (Å²) < 4.78 is 28.1. The zero-order chi connectivity index (χ0) is 28.7. The molecule has 1 atom stereocenters. The number of rotatable bonds is 11. The Kier molecular flexibility index (Phi) is 9.34. The Balaban J connectivity index is 1.65. The number of nitrogens with one attached hydrogen (secondary N) is 1. The molecule has 0 fully saturated rings. The van der Waals surface area contributed by atoms with Crippen molar-refractivity contribution in [3.8, 4) is 0 Å². The lowest BCUT2D eigenvalue weighted by Gasteiger charge is -2.32. The largest absolute Gasteiger partial charge is 0.355 e. The van der Waals surface area contributed by atoms with E-state index in [4.69, 9.17) is 0 Å². The number of nitrogens with zero attached hydrogens (tertiary/aromatic N) is 2. The van der Waals surface area contributed by atoms with Gasteiger partial charge in [-0.05, 0) is 47.9 Å². The number of carbonyl (C=O) groups is 2. The van der Waals surface area contributed by atoms with Gasteiger partial charge in [-0.25, -0.2) is 8.42 Å². The molecule has 4 aromatic carbocycles. The van der Waals surface area contributed by atoms with Gasteiger partial charge in [-0.15, -0.1) is 0 Å². The summed E-state index contributed by atoms with van der Waals surface area (Å²) >= 11 is 0. The smallest absolute Gasteiger partial charge is 0.243 e. The summed E-state index contributed by atoms with van der Waals surface area (Å²) in [4.78, 5) is 28.8. The first-order valence-electron chi connectivity index (χ1n) is 13.3. The molecule has 40 heavy (non-hydrogen) atoms. The highest BCUT2D eigenvalue weighted by molar-refractivity contribution is 7.89. The van der Waals surface area contributed by atoms with E-state index in [1.165, 1.54) is 11.9 Å². The van der Waals surface area contributed by atoms with Crippen molar-refractivity contribution in [1.29, 1.82) is 0 Å². The Bertz CT molecular complexity index is 1570. The average molecular weight is 558 g/mol. The summed E-state index contributed by atoms with van der Waals surface area (Å²) in [5.74, 6) is -0.744. The maximum absolute atomic E-state index is 13.9. The number of aryl methyl sites for hydroxylation is 1. The van der Waals surface area contributed by atoms with Gasteiger partial charge in [0.1, 0.15) is 6.04 Å². The molecular formula is C32H35N3O4S. The molecule has 4 aromatic rings. The third-order valence-corrected chi connectivity index (χ3v) is 8.68. The van der Waals surface area contributed by atoms with Gasteiger partial charge in [0.15, 0.2) is 0 Å². The zero-order valence-corrected chi connectivity index (χ0v) is 23.9. The Labute approximate surface area is 236 Å². The zero-order valence-electron chi connectivity index (χ0n) is 23.1. The second kappa shape index (κ2) is 12.9. The van der Waals surface area contributed by atoms with Gasteiger partial charge in [-0.3, -0.25) is 9.59 Å². The minimum Gasteiger partial charge on any atom is -0.355 e. The summed E-state index contributed by atoms with van der Waals surface area (Å²) in [6.45, 7) is 3.97. The fraction of sp³-hybridized carbons (Fsp3) is 0.250. The molecule has 1 N–H and O–H groups in total. The van der Waals surface area contributed by atoms with E-state index in [9.17, 15) is 18.0 Å². The van der Waals surface area contributed by atoms with Crippen LogP contribution in [0, 0.1) is 6.92 Å². The van der Waals surface area contributed by atoms with Crippen LogP contribution in [-0.2, 0) is 32.6 Å². The van der Waals surface area contributed by atoms with E-state index in [1.807, 2.05) is 92.7 Å². The van der Waals surface area contributed by atoms with Crippen LogP contribution in [0.4, 0.5) is 0 Å². The summed E-state index contributed by atoms with van der Waals surface area (Å²) in [6.07, 6.45) is 0.297. The highest BCUT2D eigenvalue weighted by atomic mass is 32.2. The molecule has 0 aliphatic heterocycles. The van der Waals surface area contributed by atoms with E-state index >= 15 is 0 Å². The molecule has 208 valence electrons. The predicted octanol–water partition coefficient (Wildman–Crippen LogP) is 4.54. The lowest BCUT2D eigenvalue weighted by Crippen LogP contribution is -2.53. The number of hydrogen-bond donors (Lipinski definition) is 1. The lowest BCUT2D eigenvalue weighted by atomic mass is 10.0. The maximum Gasteiger partial charge on any atom is 0.243 e. The van der Waals surface area contributed by atoms with Gasteiger partial charge in [-0.1, -0.05) is 90.5 Å². The SMILES string of the molecule is CCNC(=O)[C@@H](Cc1ccccc1)N(Cc1ccc(C)cc1)C(=O)CN(C)S(=O)(=O)c1ccc2ccccc2c1. The molecule has 0 heterocycles. The summed E-state index contributed by atoms with van der Waals surface area (Å²) in [6, 6.07) is 28.8. The standard InChI is InChI=1S/C32H35N3O4S/c1-4-33-32(37)30(20-25-10-6-5-7-11-25)35(22-26-16-14-24(2)15-17-26)31(36)23-34(3)40(38,39)29-19-18-27-12-8-9-13-28(27)21-29/h5-19,21,30H,4,20,22-23H2,1-3H3,(H,33,37)/t30-/m1/s1. The summed E-state index contributed by atoms with van der Waals surface area (Å²) in [5.41, 5.74) is 2.83. The van der Waals surface area contributed by atoms with Gasteiger partial charge in [-0.2, -0.15) is 4.31 Å². The molecular weight excluding hydrogens is 522 g/mol. The highest BCUT2D eigenvalue weighted by Gasteiger charge is 2.33. The number of hydrogen-bond acceptors (Lipinski definition) is 4. The van der Waals surface area contributed by atoms with Crippen LogP contribution >= 0.6 is 0 Å². The van der Waals surface area contributed by atoms with Crippen molar-refractivity contribution in [2.45, 2.75) is 37.8 Å². The minimum atomic E-state index is -3.97. The third kappa shape index (κ3) is 6.94. The van der Waals surface area contributed by atoms with Crippen LogP contribution in [0.3, 0.4) is 0 Å². The van der Waals surface area contributed by atoms with E-state index in [0.29, 0.717) is 13.0 Å².